The fourth-order valence-corrected chi connectivity index (χ4v) is 2.71. The number of aromatic amines is 1. The molecule has 0 spiro atoms. The van der Waals surface area contributed by atoms with E-state index in [1.54, 1.807) is 6.33 Å². The van der Waals surface area contributed by atoms with Crippen LogP contribution in [0.25, 0.3) is 12.2 Å². The molecule has 0 saturated carbocycles. The lowest BCUT2D eigenvalue weighted by molar-refractivity contribution is -0.121. The van der Waals surface area contributed by atoms with Gasteiger partial charge in [0.25, 0.3) is 0 Å². The van der Waals surface area contributed by atoms with Crippen molar-refractivity contribution in [3.8, 4) is 0 Å². The van der Waals surface area contributed by atoms with E-state index in [9.17, 15) is 4.79 Å². The van der Waals surface area contributed by atoms with Crippen molar-refractivity contribution < 1.29 is 4.79 Å². The van der Waals surface area contributed by atoms with Crippen LogP contribution in [0, 0.1) is 5.92 Å². The number of imidazole rings is 1. The Kier molecular flexibility index (Phi) is 5.57. The van der Waals surface area contributed by atoms with Crippen LogP contribution in [0.1, 0.15) is 29.3 Å². The van der Waals surface area contributed by atoms with Crippen LogP contribution in [-0.4, -0.2) is 15.8 Å². The highest BCUT2D eigenvalue weighted by atomic mass is 16.1. The van der Waals surface area contributed by atoms with Gasteiger partial charge in [-0.15, -0.1) is 0 Å². The first-order valence-electron chi connectivity index (χ1n) is 8.53. The van der Waals surface area contributed by atoms with Crippen molar-refractivity contribution in [2.24, 2.45) is 5.92 Å². The van der Waals surface area contributed by atoms with E-state index in [1.165, 1.54) is 5.56 Å². The maximum atomic E-state index is 12.4. The molecule has 3 nitrogen and oxygen atoms in total. The summed E-state index contributed by atoms with van der Waals surface area (Å²) < 4.78 is 0. The SMILES string of the molecule is C[C@@H](Cc1c[nH]cn1)C(=O)Cc1ccc(/C=C/c2ccccc2)cc1. The van der Waals surface area contributed by atoms with Crippen LogP contribution in [0.15, 0.2) is 67.1 Å². The van der Waals surface area contributed by atoms with Crippen LogP contribution < -0.4 is 0 Å². The monoisotopic (exact) mass is 330 g/mol. The summed E-state index contributed by atoms with van der Waals surface area (Å²) in [7, 11) is 0. The molecule has 2 aromatic carbocycles. The van der Waals surface area contributed by atoms with Gasteiger partial charge in [0.05, 0.1) is 12.0 Å². The van der Waals surface area contributed by atoms with E-state index >= 15 is 0 Å². The van der Waals surface area contributed by atoms with E-state index in [-0.39, 0.29) is 11.7 Å². The van der Waals surface area contributed by atoms with Gasteiger partial charge in [0.2, 0.25) is 0 Å². The van der Waals surface area contributed by atoms with E-state index in [1.807, 2.05) is 43.5 Å². The zero-order valence-corrected chi connectivity index (χ0v) is 14.4. The Morgan fingerprint density at radius 2 is 1.72 bits per heavy atom. The lowest BCUT2D eigenvalue weighted by Gasteiger charge is -2.09. The fraction of sp³-hybridized carbons (Fsp3) is 0.182. The number of carbonyl (C=O) groups is 1. The van der Waals surface area contributed by atoms with Crippen LogP contribution in [0.3, 0.4) is 0 Å². The summed E-state index contributed by atoms with van der Waals surface area (Å²) in [4.78, 5) is 19.5. The molecule has 0 aliphatic heterocycles. The van der Waals surface area contributed by atoms with Crippen LogP contribution in [0.4, 0.5) is 0 Å². The van der Waals surface area contributed by atoms with Crippen molar-refractivity contribution in [3.63, 3.8) is 0 Å². The van der Waals surface area contributed by atoms with Crippen LogP contribution in [0.2, 0.25) is 0 Å². The Hall–Kier alpha value is -2.94. The number of H-pyrrole nitrogens is 1. The number of aromatic nitrogens is 2. The predicted molar refractivity (Wildman–Crippen MR) is 102 cm³/mol. The molecule has 0 fully saturated rings. The summed E-state index contributed by atoms with van der Waals surface area (Å²) >= 11 is 0. The van der Waals surface area contributed by atoms with Crippen molar-refractivity contribution in [2.45, 2.75) is 19.8 Å². The number of rotatable bonds is 7. The molecule has 1 aromatic heterocycles. The molecule has 0 aliphatic carbocycles. The van der Waals surface area contributed by atoms with Gasteiger partial charge in [0.15, 0.2) is 0 Å². The number of benzene rings is 2. The Morgan fingerprint density at radius 1 is 1.04 bits per heavy atom. The first-order valence-corrected chi connectivity index (χ1v) is 8.53. The number of carbonyl (C=O) groups excluding carboxylic acids is 1. The van der Waals surface area contributed by atoms with E-state index in [4.69, 9.17) is 0 Å². The van der Waals surface area contributed by atoms with E-state index < -0.39 is 0 Å². The number of hydrogen-bond donors (Lipinski definition) is 1. The van der Waals surface area contributed by atoms with Gasteiger partial charge in [-0.25, -0.2) is 4.98 Å². The molecular weight excluding hydrogens is 308 g/mol. The highest BCUT2D eigenvalue weighted by Gasteiger charge is 2.15. The maximum Gasteiger partial charge on any atom is 0.140 e. The maximum absolute atomic E-state index is 12.4. The lowest BCUT2D eigenvalue weighted by atomic mass is 9.95. The minimum absolute atomic E-state index is 0.0269. The molecule has 0 unspecified atom stereocenters. The van der Waals surface area contributed by atoms with Gasteiger partial charge in [-0.2, -0.15) is 0 Å². The number of hydrogen-bond acceptors (Lipinski definition) is 2. The number of nitrogens with zero attached hydrogens (tertiary/aromatic N) is 1. The molecule has 1 N–H and O–H groups in total. The summed E-state index contributed by atoms with van der Waals surface area (Å²) in [6.07, 6.45) is 8.81. The van der Waals surface area contributed by atoms with Gasteiger partial charge in [-0.05, 0) is 16.7 Å². The molecule has 3 aromatic rings. The van der Waals surface area contributed by atoms with Crippen LogP contribution >= 0.6 is 0 Å². The molecule has 3 heteroatoms. The molecule has 25 heavy (non-hydrogen) atoms. The molecule has 3 rings (SSSR count). The normalized spacial score (nSPS) is 12.4. The highest BCUT2D eigenvalue weighted by Crippen LogP contribution is 2.13. The van der Waals surface area contributed by atoms with Crippen LogP contribution in [-0.2, 0) is 17.6 Å². The molecule has 0 radical (unpaired) electrons. The quantitative estimate of drug-likeness (QED) is 0.645. The lowest BCUT2D eigenvalue weighted by Crippen LogP contribution is -2.16. The van der Waals surface area contributed by atoms with Crippen LogP contribution in [0.5, 0.6) is 0 Å². The smallest absolute Gasteiger partial charge is 0.140 e. The molecule has 1 heterocycles. The second kappa shape index (κ2) is 8.25. The summed E-state index contributed by atoms with van der Waals surface area (Å²) in [5.41, 5.74) is 4.29. The largest absolute Gasteiger partial charge is 0.351 e. The molecule has 0 bridgehead atoms. The summed E-state index contributed by atoms with van der Waals surface area (Å²) in [5.74, 6) is 0.219. The zero-order valence-electron chi connectivity index (χ0n) is 14.4. The predicted octanol–water partition coefficient (Wildman–Crippen LogP) is 4.57. The summed E-state index contributed by atoms with van der Waals surface area (Å²) in [5, 5.41) is 0. The average molecular weight is 330 g/mol. The highest BCUT2D eigenvalue weighted by molar-refractivity contribution is 5.83. The van der Waals surface area contributed by atoms with Crippen molar-refractivity contribution in [1.29, 1.82) is 0 Å². The second-order valence-electron chi connectivity index (χ2n) is 6.29. The molecule has 1 atom stereocenters. The summed E-state index contributed by atoms with van der Waals surface area (Å²) in [6.45, 7) is 1.97. The van der Waals surface area contributed by atoms with E-state index in [0.29, 0.717) is 12.8 Å². The number of nitrogens with one attached hydrogen (secondary N) is 1. The molecule has 0 saturated heterocycles. The third-order valence-electron chi connectivity index (χ3n) is 4.25. The first-order chi connectivity index (χ1) is 12.2. The second-order valence-corrected chi connectivity index (χ2v) is 6.29. The molecular formula is C22H22N2O. The zero-order chi connectivity index (χ0) is 17.5. The third kappa shape index (κ3) is 5.01. The molecule has 126 valence electrons. The first kappa shape index (κ1) is 16.9. The van der Waals surface area contributed by atoms with Crippen molar-refractivity contribution >= 4 is 17.9 Å². The van der Waals surface area contributed by atoms with E-state index in [0.717, 1.165) is 16.8 Å². The minimum atomic E-state index is -0.0269. The molecule has 0 aliphatic rings. The van der Waals surface area contributed by atoms with Crippen molar-refractivity contribution in [3.05, 3.63) is 89.5 Å². The van der Waals surface area contributed by atoms with Gasteiger partial charge in [-0.3, -0.25) is 4.79 Å². The Morgan fingerprint density at radius 3 is 2.36 bits per heavy atom. The summed E-state index contributed by atoms with van der Waals surface area (Å²) in [6, 6.07) is 18.4. The Labute approximate surface area is 148 Å². The fourth-order valence-electron chi connectivity index (χ4n) is 2.71. The number of ketones is 1. The topological polar surface area (TPSA) is 45.8 Å². The van der Waals surface area contributed by atoms with Crippen molar-refractivity contribution in [1.82, 2.24) is 9.97 Å². The van der Waals surface area contributed by atoms with Gasteiger partial charge in [-0.1, -0.05) is 73.7 Å². The van der Waals surface area contributed by atoms with Gasteiger partial charge in [0, 0.05) is 25.0 Å². The minimum Gasteiger partial charge on any atom is -0.351 e. The Bertz CT molecular complexity index is 818. The van der Waals surface area contributed by atoms with Gasteiger partial charge >= 0.3 is 0 Å². The average Bonchev–Trinajstić information content (AvgIpc) is 3.15. The standard InChI is InChI=1S/C22H22N2O/c1-17(13-21-15-23-16-24-21)22(25)14-20-11-9-19(10-12-20)8-7-18-5-3-2-4-6-18/h2-12,15-17H,13-14H2,1H3,(H,23,24)/b8-7+/t17-/m0/s1. The Balaban J connectivity index is 1.56. The van der Waals surface area contributed by atoms with E-state index in [2.05, 4.69) is 46.4 Å². The third-order valence-corrected chi connectivity index (χ3v) is 4.25. The van der Waals surface area contributed by atoms with Gasteiger partial charge < -0.3 is 4.98 Å². The molecule has 0 amide bonds. The van der Waals surface area contributed by atoms with Crippen molar-refractivity contribution in [2.75, 3.05) is 0 Å². The van der Waals surface area contributed by atoms with Gasteiger partial charge in [0.1, 0.15) is 5.78 Å². The number of Topliss-reactive ketones (excluding diaryl/α,β-unsaturated/α-hetero) is 1.